The lowest BCUT2D eigenvalue weighted by Gasteiger charge is -2.36. The second-order valence-electron chi connectivity index (χ2n) is 8.47. The molecule has 0 aliphatic carbocycles. The van der Waals surface area contributed by atoms with E-state index in [0.717, 1.165) is 49.6 Å². The Balaban J connectivity index is 1.14. The van der Waals surface area contributed by atoms with Gasteiger partial charge >= 0.3 is 0 Å². The summed E-state index contributed by atoms with van der Waals surface area (Å²) in [6.07, 6.45) is 7.20. The van der Waals surface area contributed by atoms with Gasteiger partial charge in [-0.05, 0) is 54.9 Å². The summed E-state index contributed by atoms with van der Waals surface area (Å²) in [6, 6.07) is 12.5. The number of furan rings is 1. The zero-order valence-corrected chi connectivity index (χ0v) is 18.7. The van der Waals surface area contributed by atoms with E-state index in [-0.39, 0.29) is 0 Å². The summed E-state index contributed by atoms with van der Waals surface area (Å²) in [6.45, 7) is 4.49. The summed E-state index contributed by atoms with van der Waals surface area (Å²) in [5, 5.41) is 0. The van der Waals surface area contributed by atoms with E-state index in [1.165, 1.54) is 22.9 Å². The molecular weight excluding hydrogens is 416 g/mol. The summed E-state index contributed by atoms with van der Waals surface area (Å²) >= 11 is 1.42. The van der Waals surface area contributed by atoms with Gasteiger partial charge in [0.2, 0.25) is 10.0 Å². The van der Waals surface area contributed by atoms with E-state index in [1.807, 2.05) is 18.2 Å². The van der Waals surface area contributed by atoms with Gasteiger partial charge in [-0.25, -0.2) is 12.7 Å². The predicted octanol–water partition coefficient (Wildman–Crippen LogP) is 4.18. The minimum Gasteiger partial charge on any atom is -0.464 e. The van der Waals surface area contributed by atoms with Crippen LogP contribution in [0.4, 0.5) is 0 Å². The van der Waals surface area contributed by atoms with Gasteiger partial charge in [-0.15, -0.1) is 11.8 Å². The molecule has 2 aromatic rings. The number of thioether (sulfide) groups is 1. The highest BCUT2D eigenvalue weighted by Gasteiger charge is 2.38. The molecule has 0 saturated carbocycles. The average Bonchev–Trinajstić information content (AvgIpc) is 3.46. The van der Waals surface area contributed by atoms with Crippen molar-refractivity contribution in [1.82, 2.24) is 9.21 Å². The lowest BCUT2D eigenvalue weighted by Crippen LogP contribution is -2.44. The summed E-state index contributed by atoms with van der Waals surface area (Å²) in [7, 11) is -3.29. The largest absolute Gasteiger partial charge is 0.464 e. The second-order valence-corrected chi connectivity index (χ2v) is 12.1. The second kappa shape index (κ2) is 8.54. The molecule has 1 aromatic carbocycles. The molecule has 1 saturated heterocycles. The number of allylic oxidation sites excluding steroid dienone is 1. The number of nitrogens with zero attached hydrogens (tertiary/aromatic N) is 2. The topological polar surface area (TPSA) is 53.8 Å². The molecule has 1 unspecified atom stereocenters. The molecule has 5 rings (SSSR count). The van der Waals surface area contributed by atoms with Crippen molar-refractivity contribution < 1.29 is 12.8 Å². The van der Waals surface area contributed by atoms with Gasteiger partial charge < -0.3 is 4.42 Å². The fourth-order valence-corrected chi connectivity index (χ4v) is 8.24. The highest BCUT2D eigenvalue weighted by Crippen LogP contribution is 2.43. The van der Waals surface area contributed by atoms with Crippen LogP contribution in [0.15, 0.2) is 53.2 Å². The molecule has 3 aliphatic rings. The van der Waals surface area contributed by atoms with E-state index < -0.39 is 14.6 Å². The summed E-state index contributed by atoms with van der Waals surface area (Å²) in [5.41, 5.74) is 2.92. The molecule has 0 amide bonds. The predicted molar refractivity (Wildman–Crippen MR) is 121 cm³/mol. The summed E-state index contributed by atoms with van der Waals surface area (Å²) in [4.78, 5) is 3.48. The number of benzene rings is 1. The van der Waals surface area contributed by atoms with Crippen LogP contribution in [0.3, 0.4) is 0 Å². The van der Waals surface area contributed by atoms with Crippen LogP contribution < -0.4 is 0 Å². The number of piperidine rings is 1. The molecule has 7 heteroatoms. The van der Waals surface area contributed by atoms with Crippen molar-refractivity contribution >= 4 is 26.7 Å². The van der Waals surface area contributed by atoms with E-state index in [2.05, 4.69) is 29.2 Å². The highest BCUT2D eigenvalue weighted by molar-refractivity contribution is 8.18. The van der Waals surface area contributed by atoms with Gasteiger partial charge in [0.15, 0.2) is 0 Å². The van der Waals surface area contributed by atoms with E-state index >= 15 is 0 Å². The number of hydrogen-bond acceptors (Lipinski definition) is 5. The molecule has 160 valence electrons. The van der Waals surface area contributed by atoms with Crippen LogP contribution in [0.2, 0.25) is 0 Å². The van der Waals surface area contributed by atoms with Gasteiger partial charge in [0.05, 0.1) is 6.26 Å². The number of sulfonamides is 1. The van der Waals surface area contributed by atoms with Crippen molar-refractivity contribution in [2.24, 2.45) is 5.92 Å². The maximum atomic E-state index is 13.2. The minimum absolute atomic E-state index is 0.423. The van der Waals surface area contributed by atoms with Gasteiger partial charge in [-0.1, -0.05) is 30.3 Å². The maximum absolute atomic E-state index is 13.2. The quantitative estimate of drug-likeness (QED) is 0.692. The van der Waals surface area contributed by atoms with Crippen LogP contribution in [-0.2, 0) is 23.0 Å². The Morgan fingerprint density at radius 3 is 2.60 bits per heavy atom. The van der Waals surface area contributed by atoms with E-state index in [0.29, 0.717) is 25.4 Å². The number of rotatable bonds is 5. The first-order valence-electron chi connectivity index (χ1n) is 10.8. The number of fused-ring (bicyclic) bond motifs is 1. The van der Waals surface area contributed by atoms with Gasteiger partial charge in [-0.2, -0.15) is 0 Å². The molecule has 0 radical (unpaired) electrons. The Hall–Kier alpha value is -1.54. The van der Waals surface area contributed by atoms with Crippen molar-refractivity contribution in [2.75, 3.05) is 26.2 Å². The molecule has 1 fully saturated rings. The SMILES string of the molecule is O=S(=O)(C1CC=C(c2ccco2)S1)N1CCC(CN2CCc3ccccc3C2)CC1. The molecule has 0 N–H and O–H groups in total. The van der Waals surface area contributed by atoms with Crippen LogP contribution in [0, 0.1) is 5.92 Å². The van der Waals surface area contributed by atoms with E-state index in [4.69, 9.17) is 4.42 Å². The number of hydrogen-bond donors (Lipinski definition) is 0. The molecule has 0 bridgehead atoms. The Kier molecular flexibility index (Phi) is 5.79. The zero-order chi connectivity index (χ0) is 20.6. The zero-order valence-electron chi connectivity index (χ0n) is 17.1. The van der Waals surface area contributed by atoms with Crippen molar-refractivity contribution in [2.45, 2.75) is 36.8 Å². The van der Waals surface area contributed by atoms with Crippen molar-refractivity contribution in [3.05, 3.63) is 65.6 Å². The Bertz CT molecular complexity index is 1010. The lowest BCUT2D eigenvalue weighted by molar-refractivity contribution is 0.171. The lowest BCUT2D eigenvalue weighted by atomic mass is 9.94. The highest BCUT2D eigenvalue weighted by atomic mass is 32.3. The molecule has 4 heterocycles. The Labute approximate surface area is 183 Å². The fraction of sp³-hybridized carbons (Fsp3) is 0.478. The smallest absolute Gasteiger partial charge is 0.227 e. The van der Waals surface area contributed by atoms with Crippen LogP contribution in [0.5, 0.6) is 0 Å². The first-order valence-corrected chi connectivity index (χ1v) is 13.2. The summed E-state index contributed by atoms with van der Waals surface area (Å²) < 4.78 is 33.1. The monoisotopic (exact) mass is 444 g/mol. The van der Waals surface area contributed by atoms with Gasteiger partial charge in [0.25, 0.3) is 0 Å². The van der Waals surface area contributed by atoms with Gasteiger partial charge in [0.1, 0.15) is 10.3 Å². The fourth-order valence-electron chi connectivity index (χ4n) is 4.79. The molecule has 3 aliphatic heterocycles. The normalized spacial score (nSPS) is 24.0. The molecule has 1 aromatic heterocycles. The van der Waals surface area contributed by atoms with Crippen molar-refractivity contribution in [1.29, 1.82) is 0 Å². The van der Waals surface area contributed by atoms with Crippen molar-refractivity contribution in [3.63, 3.8) is 0 Å². The summed E-state index contributed by atoms with van der Waals surface area (Å²) in [5.74, 6) is 1.34. The van der Waals surface area contributed by atoms with Crippen LogP contribution >= 0.6 is 11.8 Å². The third-order valence-electron chi connectivity index (χ3n) is 6.51. The molecular formula is C23H28N2O3S2. The molecule has 1 atom stereocenters. The van der Waals surface area contributed by atoms with Crippen molar-refractivity contribution in [3.8, 4) is 0 Å². The third-order valence-corrected chi connectivity index (χ3v) is 10.5. The standard InChI is InChI=1S/C23H28N2O3S2/c26-30(27,23-8-7-22(29-23)21-6-3-15-28-21)25-13-9-18(10-14-25)16-24-12-11-19-4-1-2-5-20(19)17-24/h1-7,15,18,23H,8-14,16-17H2. The molecule has 5 nitrogen and oxygen atoms in total. The van der Waals surface area contributed by atoms with E-state index in [9.17, 15) is 8.42 Å². The molecule has 0 spiro atoms. The van der Waals surface area contributed by atoms with Gasteiger partial charge in [0, 0.05) is 37.6 Å². The van der Waals surface area contributed by atoms with Crippen LogP contribution in [0.1, 0.15) is 36.1 Å². The third kappa shape index (κ3) is 4.13. The Morgan fingerprint density at radius 2 is 1.83 bits per heavy atom. The maximum Gasteiger partial charge on any atom is 0.227 e. The van der Waals surface area contributed by atoms with Crippen LogP contribution in [-0.4, -0.2) is 48.4 Å². The Morgan fingerprint density at radius 1 is 1.03 bits per heavy atom. The first kappa shape index (κ1) is 20.4. The minimum atomic E-state index is -3.29. The van der Waals surface area contributed by atoms with Gasteiger partial charge in [-0.3, -0.25) is 4.90 Å². The molecule has 30 heavy (non-hydrogen) atoms. The van der Waals surface area contributed by atoms with Crippen LogP contribution in [0.25, 0.3) is 4.91 Å². The first-order chi connectivity index (χ1) is 14.6. The van der Waals surface area contributed by atoms with E-state index in [1.54, 1.807) is 10.6 Å². The average molecular weight is 445 g/mol.